The standard InChI is InChI=1S/C25H26F2N4O3/c1-13(2)11-30-24(33)21-9-16(12-29-23(21)28)20-5-4-19(6-14(20)3)31-25(34)22(32)15-7-17(26)10-18(27)8-15/h4-10,12-13,22,32H,11H2,1-3H3,(H2,28,29)(H,30,33)(H,31,34). The number of amides is 2. The van der Waals surface area contributed by atoms with Crippen molar-refractivity contribution in [1.82, 2.24) is 10.3 Å². The molecular weight excluding hydrogens is 442 g/mol. The molecule has 0 aliphatic rings. The third-order valence-electron chi connectivity index (χ3n) is 5.09. The maximum atomic E-state index is 13.4. The number of nitrogen functional groups attached to an aromatic ring is 1. The summed E-state index contributed by atoms with van der Waals surface area (Å²) in [5.41, 5.74) is 8.52. The Balaban J connectivity index is 1.79. The summed E-state index contributed by atoms with van der Waals surface area (Å²) in [6, 6.07) is 9.09. The summed E-state index contributed by atoms with van der Waals surface area (Å²) in [6.07, 6.45) is -0.199. The summed E-state index contributed by atoms with van der Waals surface area (Å²) in [5.74, 6) is -2.54. The lowest BCUT2D eigenvalue weighted by molar-refractivity contribution is -0.124. The molecule has 0 bridgehead atoms. The zero-order valence-electron chi connectivity index (χ0n) is 19.0. The van der Waals surface area contributed by atoms with Gasteiger partial charge in [-0.1, -0.05) is 19.9 Å². The quantitative estimate of drug-likeness (QED) is 0.419. The normalized spacial score (nSPS) is 11.9. The number of hydrogen-bond acceptors (Lipinski definition) is 5. The summed E-state index contributed by atoms with van der Waals surface area (Å²) in [4.78, 5) is 29.0. The minimum absolute atomic E-state index is 0.120. The number of nitrogens with one attached hydrogen (secondary N) is 2. The fourth-order valence-corrected chi connectivity index (χ4v) is 3.36. The molecule has 0 saturated carbocycles. The largest absolute Gasteiger partial charge is 0.383 e. The Hall–Kier alpha value is -3.85. The number of aromatic nitrogens is 1. The average Bonchev–Trinajstić information content (AvgIpc) is 2.77. The van der Waals surface area contributed by atoms with E-state index >= 15 is 0 Å². The number of hydrogen-bond donors (Lipinski definition) is 4. The molecule has 3 rings (SSSR count). The van der Waals surface area contributed by atoms with Gasteiger partial charge in [0.15, 0.2) is 6.10 Å². The van der Waals surface area contributed by atoms with Gasteiger partial charge < -0.3 is 21.5 Å². The van der Waals surface area contributed by atoms with Gasteiger partial charge in [0.25, 0.3) is 11.8 Å². The monoisotopic (exact) mass is 468 g/mol. The number of halogens is 2. The molecule has 0 saturated heterocycles. The molecule has 0 aliphatic heterocycles. The van der Waals surface area contributed by atoms with Crippen molar-refractivity contribution in [3.05, 3.63) is 77.0 Å². The van der Waals surface area contributed by atoms with Gasteiger partial charge in [0, 0.05) is 30.1 Å². The van der Waals surface area contributed by atoms with Crippen molar-refractivity contribution in [2.45, 2.75) is 26.9 Å². The van der Waals surface area contributed by atoms with Gasteiger partial charge in [0.2, 0.25) is 0 Å². The van der Waals surface area contributed by atoms with Crippen LogP contribution >= 0.6 is 0 Å². The van der Waals surface area contributed by atoms with Gasteiger partial charge in [-0.25, -0.2) is 13.8 Å². The van der Waals surface area contributed by atoms with Gasteiger partial charge in [-0.05, 0) is 59.9 Å². The summed E-state index contributed by atoms with van der Waals surface area (Å²) in [6.45, 7) is 6.27. The van der Waals surface area contributed by atoms with E-state index in [1.165, 1.54) is 0 Å². The summed E-state index contributed by atoms with van der Waals surface area (Å²) < 4.78 is 26.8. The highest BCUT2D eigenvalue weighted by Gasteiger charge is 2.20. The second-order valence-electron chi connectivity index (χ2n) is 8.38. The Labute approximate surface area is 196 Å². The summed E-state index contributed by atoms with van der Waals surface area (Å²) in [5, 5.41) is 15.5. The van der Waals surface area contributed by atoms with E-state index in [1.807, 2.05) is 13.8 Å². The lowest BCUT2D eigenvalue weighted by atomic mass is 9.99. The minimum atomic E-state index is -1.75. The highest BCUT2D eigenvalue weighted by molar-refractivity contribution is 5.99. The van der Waals surface area contributed by atoms with Gasteiger partial charge in [-0.2, -0.15) is 0 Å². The Morgan fingerprint density at radius 2 is 1.76 bits per heavy atom. The van der Waals surface area contributed by atoms with Crippen molar-refractivity contribution in [3.8, 4) is 11.1 Å². The van der Waals surface area contributed by atoms with Crippen LogP contribution < -0.4 is 16.4 Å². The predicted molar refractivity (Wildman–Crippen MR) is 126 cm³/mol. The maximum Gasteiger partial charge on any atom is 0.257 e. The molecule has 2 amide bonds. The number of nitrogens with zero attached hydrogens (tertiary/aromatic N) is 1. The first-order valence-corrected chi connectivity index (χ1v) is 10.6. The van der Waals surface area contributed by atoms with Crippen molar-refractivity contribution in [1.29, 1.82) is 0 Å². The van der Waals surface area contributed by atoms with Gasteiger partial charge in [-0.3, -0.25) is 9.59 Å². The van der Waals surface area contributed by atoms with Crippen LogP contribution in [0.2, 0.25) is 0 Å². The highest BCUT2D eigenvalue weighted by Crippen LogP contribution is 2.28. The zero-order valence-corrected chi connectivity index (χ0v) is 19.0. The molecule has 5 N–H and O–H groups in total. The molecule has 1 atom stereocenters. The van der Waals surface area contributed by atoms with Crippen LogP contribution in [0.3, 0.4) is 0 Å². The Bertz CT molecular complexity index is 1210. The highest BCUT2D eigenvalue weighted by atomic mass is 19.1. The number of aryl methyl sites for hydroxylation is 1. The van der Waals surface area contributed by atoms with E-state index in [0.717, 1.165) is 23.3 Å². The maximum absolute atomic E-state index is 13.4. The van der Waals surface area contributed by atoms with E-state index in [-0.39, 0.29) is 28.8 Å². The number of benzene rings is 2. The van der Waals surface area contributed by atoms with E-state index in [4.69, 9.17) is 5.73 Å². The number of carbonyl (C=O) groups is 2. The Morgan fingerprint density at radius 1 is 1.09 bits per heavy atom. The molecule has 3 aromatic rings. The number of aliphatic hydroxyl groups excluding tert-OH is 1. The van der Waals surface area contributed by atoms with Crippen LogP contribution in [-0.2, 0) is 4.79 Å². The van der Waals surface area contributed by atoms with Crippen molar-refractivity contribution in [2.24, 2.45) is 5.92 Å². The molecule has 1 aromatic heterocycles. The molecule has 9 heteroatoms. The molecule has 0 radical (unpaired) electrons. The first-order valence-electron chi connectivity index (χ1n) is 10.6. The lowest BCUT2D eigenvalue weighted by Crippen LogP contribution is -2.28. The number of aliphatic hydroxyl groups is 1. The molecule has 7 nitrogen and oxygen atoms in total. The topological polar surface area (TPSA) is 117 Å². The van der Waals surface area contributed by atoms with Crippen molar-refractivity contribution >= 4 is 23.3 Å². The van der Waals surface area contributed by atoms with Gasteiger partial charge in [-0.15, -0.1) is 0 Å². The number of nitrogens with two attached hydrogens (primary N) is 1. The first kappa shape index (κ1) is 24.8. The molecule has 1 unspecified atom stereocenters. The molecule has 0 fully saturated rings. The van der Waals surface area contributed by atoms with Crippen LogP contribution in [0.25, 0.3) is 11.1 Å². The molecule has 178 valence electrons. The molecular formula is C25H26F2N4O3. The van der Waals surface area contributed by atoms with Crippen molar-refractivity contribution in [2.75, 3.05) is 17.6 Å². The second-order valence-corrected chi connectivity index (χ2v) is 8.38. The van der Waals surface area contributed by atoms with Crippen LogP contribution in [0.5, 0.6) is 0 Å². The molecule has 0 aliphatic carbocycles. The van der Waals surface area contributed by atoms with E-state index in [9.17, 15) is 23.5 Å². The minimum Gasteiger partial charge on any atom is -0.383 e. The van der Waals surface area contributed by atoms with Crippen molar-refractivity contribution in [3.63, 3.8) is 0 Å². The number of pyridine rings is 1. The zero-order chi connectivity index (χ0) is 25.0. The van der Waals surface area contributed by atoms with E-state index in [2.05, 4.69) is 15.6 Å². The first-order chi connectivity index (χ1) is 16.0. The summed E-state index contributed by atoms with van der Waals surface area (Å²) in [7, 11) is 0. The van der Waals surface area contributed by atoms with E-state index in [0.29, 0.717) is 23.9 Å². The van der Waals surface area contributed by atoms with Crippen LogP contribution in [0, 0.1) is 24.5 Å². The van der Waals surface area contributed by atoms with Crippen LogP contribution in [-0.4, -0.2) is 28.4 Å². The van der Waals surface area contributed by atoms with Crippen LogP contribution in [0.15, 0.2) is 48.7 Å². The van der Waals surface area contributed by atoms with Crippen LogP contribution in [0.1, 0.15) is 41.4 Å². The predicted octanol–water partition coefficient (Wildman–Crippen LogP) is 3.98. The van der Waals surface area contributed by atoms with Gasteiger partial charge in [0.1, 0.15) is 17.5 Å². The number of anilines is 2. The van der Waals surface area contributed by atoms with E-state index < -0.39 is 23.6 Å². The average molecular weight is 469 g/mol. The fourth-order valence-electron chi connectivity index (χ4n) is 3.36. The molecule has 1 heterocycles. The van der Waals surface area contributed by atoms with Crippen LogP contribution in [0.4, 0.5) is 20.3 Å². The lowest BCUT2D eigenvalue weighted by Gasteiger charge is -2.14. The molecule has 2 aromatic carbocycles. The third kappa shape index (κ3) is 5.93. The van der Waals surface area contributed by atoms with Crippen molar-refractivity contribution < 1.29 is 23.5 Å². The fraction of sp³-hybridized carbons (Fsp3) is 0.240. The Kier molecular flexibility index (Phi) is 7.57. The Morgan fingerprint density at radius 3 is 2.38 bits per heavy atom. The number of rotatable bonds is 7. The molecule has 0 spiro atoms. The second kappa shape index (κ2) is 10.4. The van der Waals surface area contributed by atoms with E-state index in [1.54, 1.807) is 37.4 Å². The summed E-state index contributed by atoms with van der Waals surface area (Å²) >= 11 is 0. The third-order valence-corrected chi connectivity index (χ3v) is 5.09. The molecule has 34 heavy (non-hydrogen) atoms. The van der Waals surface area contributed by atoms with Gasteiger partial charge >= 0.3 is 0 Å². The SMILES string of the molecule is Cc1cc(NC(=O)C(O)c2cc(F)cc(F)c2)ccc1-c1cnc(N)c(C(=O)NCC(C)C)c1. The van der Waals surface area contributed by atoms with Gasteiger partial charge in [0.05, 0.1) is 5.56 Å². The number of carbonyl (C=O) groups excluding carboxylic acids is 2. The smallest absolute Gasteiger partial charge is 0.257 e.